The fourth-order valence-electron chi connectivity index (χ4n) is 0. The van der Waals surface area contributed by atoms with E-state index in [-0.39, 0.29) is 0 Å². The lowest BCUT2D eigenvalue weighted by atomic mass is 15.8. The fraction of sp³-hybridized carbons (Fsp3) is 0. The molecular weight excluding hydrogens is 271 g/mol. The van der Waals surface area contributed by atoms with E-state index in [0.717, 1.165) is 0 Å². The Morgan fingerprint density at radius 2 is 1.29 bits per heavy atom. The van der Waals surface area contributed by atoms with Gasteiger partial charge in [-0.25, -0.2) is 0 Å². The van der Waals surface area contributed by atoms with E-state index in [0.29, 0.717) is 0 Å². The molecule has 7 heavy (non-hydrogen) atoms. The quantitative estimate of drug-likeness (QED) is 0.574. The molecule has 0 spiro atoms. The summed E-state index contributed by atoms with van der Waals surface area (Å²) >= 11 is 5.48. The lowest BCUT2D eigenvalue weighted by molar-refractivity contribution is 0.363. The lowest BCUT2D eigenvalue weighted by Gasteiger charge is -1.99. The molecule has 0 bridgehead atoms. The second-order valence-electron chi connectivity index (χ2n) is 0.710. The molecular formula is H3Br2O3PS. The third-order valence-corrected chi connectivity index (χ3v) is 8.66. The van der Waals surface area contributed by atoms with Gasteiger partial charge in [0.15, 0.2) is 0 Å². The van der Waals surface area contributed by atoms with Gasteiger partial charge in [-0.05, 0) is 0 Å². The van der Waals surface area contributed by atoms with Crippen molar-refractivity contribution in [3.63, 3.8) is 0 Å². The Morgan fingerprint density at radius 1 is 1.14 bits per heavy atom. The van der Waals surface area contributed by atoms with E-state index < -0.39 is 13.7 Å². The van der Waals surface area contributed by atoms with E-state index in [1.165, 1.54) is 0 Å². The molecule has 3 nitrogen and oxygen atoms in total. The summed E-state index contributed by atoms with van der Waals surface area (Å²) in [6.07, 6.45) is 0. The second-order valence-corrected chi connectivity index (χ2v) is 14.2. The highest BCUT2D eigenvalue weighted by Gasteiger charge is 2.05. The first kappa shape index (κ1) is 8.62. The summed E-state index contributed by atoms with van der Waals surface area (Å²) in [5.74, 6) is 0. The van der Waals surface area contributed by atoms with Crippen LogP contribution in [0.15, 0.2) is 0 Å². The monoisotopic (exact) mass is 272 g/mol. The summed E-state index contributed by atoms with van der Waals surface area (Å²) in [6.45, 7) is -4.66. The molecule has 0 aromatic carbocycles. The van der Waals surface area contributed by atoms with Gasteiger partial charge in [-0.2, -0.15) is 0 Å². The van der Waals surface area contributed by atoms with Crippen molar-refractivity contribution in [3.8, 4) is 0 Å². The second kappa shape index (κ2) is 2.96. The van der Waals surface area contributed by atoms with Crippen molar-refractivity contribution in [2.75, 3.05) is 0 Å². The van der Waals surface area contributed by atoms with Gasteiger partial charge in [0.05, 0.1) is 0 Å². The van der Waals surface area contributed by atoms with Gasteiger partial charge in [-0.15, -0.1) is 0 Å². The van der Waals surface area contributed by atoms with Gasteiger partial charge in [0, 0.05) is 36.6 Å². The molecule has 0 amide bonds. The van der Waals surface area contributed by atoms with Crippen LogP contribution in [0.3, 0.4) is 0 Å². The maximum absolute atomic E-state index is 8.24. The maximum atomic E-state index is 8.24. The van der Waals surface area contributed by atoms with Gasteiger partial charge < -0.3 is 14.7 Å². The summed E-state index contributed by atoms with van der Waals surface area (Å²) in [4.78, 5) is 24.7. The van der Waals surface area contributed by atoms with Crippen LogP contribution in [0.5, 0.6) is 0 Å². The summed E-state index contributed by atoms with van der Waals surface area (Å²) in [5.41, 5.74) is 0. The van der Waals surface area contributed by atoms with Crippen LogP contribution in [0.25, 0.3) is 0 Å². The Labute approximate surface area is 58.0 Å². The highest BCUT2D eigenvalue weighted by atomic mass is 79.9. The first-order chi connectivity index (χ1) is 2.94. The minimum atomic E-state index is -3.63. The molecule has 0 aliphatic rings. The Kier molecular flexibility index (Phi) is 3.65. The standard InChI is InChI=1S/Br2H3O3PS/c1-7(2)6(3,4)5/h3-5H. The van der Waals surface area contributed by atoms with Crippen molar-refractivity contribution < 1.29 is 14.7 Å². The highest BCUT2D eigenvalue weighted by Crippen LogP contribution is 2.41. The summed E-state index contributed by atoms with van der Waals surface area (Å²) in [5, 5.41) is 0. The number of halogens is 2. The molecule has 0 radical (unpaired) electrons. The van der Waals surface area contributed by atoms with E-state index in [2.05, 4.69) is 29.6 Å². The zero-order valence-corrected chi connectivity index (χ0v) is 7.84. The van der Waals surface area contributed by atoms with Crippen LogP contribution in [0, 0.1) is 0 Å². The third-order valence-electron chi connectivity index (χ3n) is 0.185. The molecule has 0 saturated heterocycles. The van der Waals surface area contributed by atoms with Crippen LogP contribution < -0.4 is 0 Å². The smallest absolute Gasteiger partial charge is 0.297 e. The van der Waals surface area contributed by atoms with Crippen LogP contribution in [0.4, 0.5) is 0 Å². The Hall–Kier alpha value is 1.62. The minimum Gasteiger partial charge on any atom is -0.327 e. The van der Waals surface area contributed by atoms with E-state index in [4.69, 9.17) is 14.7 Å². The molecule has 0 rings (SSSR count). The molecule has 0 heterocycles. The van der Waals surface area contributed by atoms with Crippen LogP contribution in [0.2, 0.25) is 0 Å². The molecule has 3 N–H and O–H groups in total. The zero-order chi connectivity index (χ0) is 6.08. The van der Waals surface area contributed by atoms with Crippen molar-refractivity contribution in [2.45, 2.75) is 0 Å². The predicted octanol–water partition coefficient (Wildman–Crippen LogP) is 0.879. The van der Waals surface area contributed by atoms with Gasteiger partial charge in [0.25, 0.3) is 6.72 Å². The topological polar surface area (TPSA) is 60.7 Å². The van der Waals surface area contributed by atoms with Crippen molar-refractivity contribution in [2.24, 2.45) is 0 Å². The van der Waals surface area contributed by atoms with Gasteiger partial charge in [-0.1, -0.05) is 0 Å². The van der Waals surface area contributed by atoms with Gasteiger partial charge in [0.2, 0.25) is 0 Å². The van der Waals surface area contributed by atoms with Crippen molar-refractivity contribution in [1.29, 1.82) is 0 Å². The van der Waals surface area contributed by atoms with E-state index >= 15 is 0 Å². The Bertz CT molecular complexity index is 102. The molecule has 0 fully saturated rings. The number of hydrogen-bond donors (Lipinski definition) is 3. The van der Waals surface area contributed by atoms with Gasteiger partial charge >= 0.3 is 0 Å². The fourth-order valence-corrected chi connectivity index (χ4v) is 0. The van der Waals surface area contributed by atoms with E-state index in [9.17, 15) is 0 Å². The number of hydrogen-bond acceptors (Lipinski definition) is 0. The first-order valence-corrected chi connectivity index (χ1v) is 8.25. The molecule has 0 aliphatic heterocycles. The average molecular weight is 274 g/mol. The van der Waals surface area contributed by atoms with Crippen LogP contribution in [0.1, 0.15) is 0 Å². The maximum Gasteiger partial charge on any atom is 0.297 e. The Balaban J connectivity index is 4.28. The van der Waals surface area contributed by atoms with Crippen molar-refractivity contribution in [1.82, 2.24) is 0 Å². The largest absolute Gasteiger partial charge is 0.327 e. The van der Waals surface area contributed by atoms with Crippen molar-refractivity contribution >= 4 is 43.3 Å². The van der Waals surface area contributed by atoms with E-state index in [1.807, 2.05) is 0 Å². The molecule has 0 aromatic heterocycles. The lowest BCUT2D eigenvalue weighted by Crippen LogP contribution is -1.73. The average Bonchev–Trinajstić information content (AvgIpc) is 1.31. The predicted molar refractivity (Wildman–Crippen MR) is 38.8 cm³/mol. The van der Waals surface area contributed by atoms with Crippen molar-refractivity contribution in [3.05, 3.63) is 0 Å². The molecule has 0 aromatic rings. The molecule has 0 aliphatic carbocycles. The zero-order valence-electron chi connectivity index (χ0n) is 2.95. The van der Waals surface area contributed by atoms with E-state index in [1.54, 1.807) is 0 Å². The van der Waals surface area contributed by atoms with Crippen LogP contribution in [-0.4, -0.2) is 14.7 Å². The normalized spacial score (nSPS) is 12.9. The van der Waals surface area contributed by atoms with Gasteiger partial charge in [0.1, 0.15) is 0 Å². The van der Waals surface area contributed by atoms with Crippen LogP contribution in [-0.2, 0) is 6.94 Å². The van der Waals surface area contributed by atoms with Crippen LogP contribution >= 0.6 is 36.3 Å². The molecule has 0 saturated carbocycles. The Morgan fingerprint density at radius 3 is 1.29 bits per heavy atom. The first-order valence-electron chi connectivity index (χ1n) is 1.09. The molecule has 0 unspecified atom stereocenters. The third kappa shape index (κ3) is 4.14. The number of rotatable bonds is 0. The summed E-state index contributed by atoms with van der Waals surface area (Å²) in [6, 6.07) is 0. The SMILES string of the molecule is OP(O)(O)=S(Br)Br. The molecule has 0 atom stereocenters. The molecule has 7 heteroatoms. The van der Waals surface area contributed by atoms with Gasteiger partial charge in [-0.3, -0.25) is 0 Å². The summed E-state index contributed by atoms with van der Waals surface area (Å²) in [7, 11) is 0. The summed E-state index contributed by atoms with van der Waals surface area (Å²) < 4.78 is 0. The minimum absolute atomic E-state index is 1.03. The highest BCUT2D eigenvalue weighted by molar-refractivity contribution is 9.82. The molecule has 46 valence electrons.